The molecule has 1 amide bonds. The maximum absolute atomic E-state index is 13.7. The molecule has 1 atom stereocenters. The third-order valence-electron chi connectivity index (χ3n) is 4.52. The predicted octanol–water partition coefficient (Wildman–Crippen LogP) is 3.59. The number of carbonyl (C=O) groups is 1. The Morgan fingerprint density at radius 1 is 1.22 bits per heavy atom. The summed E-state index contributed by atoms with van der Waals surface area (Å²) in [7, 11) is 0. The van der Waals surface area contributed by atoms with E-state index in [9.17, 15) is 9.18 Å². The number of hydrogen-bond acceptors (Lipinski definition) is 4. The Balaban J connectivity index is 2.11. The van der Waals surface area contributed by atoms with Crippen LogP contribution in [-0.2, 0) is 15.3 Å². The van der Waals surface area contributed by atoms with Gasteiger partial charge in [0.05, 0.1) is 0 Å². The molecule has 2 aromatic carbocycles. The smallest absolute Gasteiger partial charge is 0.249 e. The summed E-state index contributed by atoms with van der Waals surface area (Å²) in [6, 6.07) is 15.5. The quantitative estimate of drug-likeness (QED) is 0.846. The van der Waals surface area contributed by atoms with Gasteiger partial charge in [0, 0.05) is 23.5 Å². The van der Waals surface area contributed by atoms with Gasteiger partial charge in [0.2, 0.25) is 17.5 Å². The van der Waals surface area contributed by atoms with Crippen molar-refractivity contribution in [2.24, 2.45) is 16.8 Å². The van der Waals surface area contributed by atoms with Gasteiger partial charge in [0.15, 0.2) is 0 Å². The van der Waals surface area contributed by atoms with Crippen LogP contribution in [0, 0.1) is 11.7 Å². The average Bonchev–Trinajstić information content (AvgIpc) is 3.07. The summed E-state index contributed by atoms with van der Waals surface area (Å²) in [4.78, 5) is 13.0. The number of nitrogens with two attached hydrogens (primary N) is 1. The van der Waals surface area contributed by atoms with Crippen molar-refractivity contribution in [2.45, 2.75) is 32.4 Å². The molecule has 5 nitrogen and oxygen atoms in total. The van der Waals surface area contributed by atoms with Crippen LogP contribution in [0.4, 0.5) is 4.39 Å². The largest absolute Gasteiger partial charge is 0.443 e. The summed E-state index contributed by atoms with van der Waals surface area (Å²) in [5.74, 6) is -0.600. The molecule has 0 saturated carbocycles. The van der Waals surface area contributed by atoms with Crippen LogP contribution in [0.15, 0.2) is 59.7 Å². The minimum absolute atomic E-state index is 0.165. The summed E-state index contributed by atoms with van der Waals surface area (Å²) in [6.45, 7) is 4.09. The molecule has 0 aromatic heterocycles. The SMILES string of the molecule is CC(C)C(=O)N1N=C(c2cccc(F)c2)OC1(CCCN)c1ccccc1. The van der Waals surface area contributed by atoms with E-state index in [2.05, 4.69) is 5.10 Å². The number of carbonyl (C=O) groups excluding carboxylic acids is 1. The Bertz CT molecular complexity index is 838. The van der Waals surface area contributed by atoms with Crippen LogP contribution >= 0.6 is 0 Å². The molecule has 1 aliphatic heterocycles. The van der Waals surface area contributed by atoms with Gasteiger partial charge in [-0.3, -0.25) is 4.79 Å². The number of hydrazone groups is 1. The Hall–Kier alpha value is -2.73. The molecule has 0 fully saturated rings. The second-order valence-electron chi connectivity index (χ2n) is 6.86. The lowest BCUT2D eigenvalue weighted by Crippen LogP contribution is -2.46. The molecule has 27 heavy (non-hydrogen) atoms. The zero-order chi connectivity index (χ0) is 19.4. The molecule has 0 radical (unpaired) electrons. The molecular weight excluding hydrogens is 345 g/mol. The summed E-state index contributed by atoms with van der Waals surface area (Å²) in [5, 5.41) is 5.88. The van der Waals surface area contributed by atoms with E-state index in [0.717, 1.165) is 5.56 Å². The topological polar surface area (TPSA) is 67.9 Å². The highest BCUT2D eigenvalue weighted by Gasteiger charge is 2.49. The second kappa shape index (κ2) is 7.88. The standard InChI is InChI=1S/C21H24FN3O2/c1-15(2)20(26)25-21(12-7-13-23,17-9-4-3-5-10-17)27-19(24-25)16-8-6-11-18(22)14-16/h3-6,8-11,14-15H,7,12-13,23H2,1-2H3. The summed E-state index contributed by atoms with van der Waals surface area (Å²) in [6.07, 6.45) is 1.12. The molecule has 3 rings (SSSR count). The van der Waals surface area contributed by atoms with Crippen molar-refractivity contribution < 1.29 is 13.9 Å². The summed E-state index contributed by atoms with van der Waals surface area (Å²) in [5.41, 5.74) is 5.95. The Morgan fingerprint density at radius 2 is 1.96 bits per heavy atom. The number of rotatable bonds is 6. The van der Waals surface area contributed by atoms with Gasteiger partial charge in [-0.15, -0.1) is 5.10 Å². The van der Waals surface area contributed by atoms with E-state index in [4.69, 9.17) is 10.5 Å². The molecule has 2 aromatic rings. The average molecular weight is 369 g/mol. The van der Waals surface area contributed by atoms with Crippen LogP contribution in [0.25, 0.3) is 0 Å². The lowest BCUT2D eigenvalue weighted by Gasteiger charge is -2.36. The fraction of sp³-hybridized carbons (Fsp3) is 0.333. The van der Waals surface area contributed by atoms with Crippen LogP contribution in [0.3, 0.4) is 0 Å². The van der Waals surface area contributed by atoms with Crippen molar-refractivity contribution in [2.75, 3.05) is 6.54 Å². The first-order valence-corrected chi connectivity index (χ1v) is 9.11. The van der Waals surface area contributed by atoms with Gasteiger partial charge in [-0.2, -0.15) is 5.01 Å². The first-order valence-electron chi connectivity index (χ1n) is 9.11. The maximum atomic E-state index is 13.7. The molecule has 0 aliphatic carbocycles. The van der Waals surface area contributed by atoms with E-state index in [1.165, 1.54) is 17.1 Å². The summed E-state index contributed by atoms with van der Waals surface area (Å²) < 4.78 is 20.0. The molecule has 0 saturated heterocycles. The van der Waals surface area contributed by atoms with Crippen molar-refractivity contribution in [3.63, 3.8) is 0 Å². The first kappa shape index (κ1) is 19.0. The normalized spacial score (nSPS) is 19.1. The van der Waals surface area contributed by atoms with Gasteiger partial charge in [-0.1, -0.05) is 50.2 Å². The number of ether oxygens (including phenoxy) is 1. The van der Waals surface area contributed by atoms with Gasteiger partial charge in [-0.05, 0) is 31.2 Å². The number of hydrogen-bond donors (Lipinski definition) is 1. The first-order chi connectivity index (χ1) is 13.0. The van der Waals surface area contributed by atoms with Crippen molar-refractivity contribution in [1.29, 1.82) is 0 Å². The third kappa shape index (κ3) is 3.71. The zero-order valence-corrected chi connectivity index (χ0v) is 15.6. The Labute approximate surface area is 158 Å². The fourth-order valence-corrected chi connectivity index (χ4v) is 3.13. The van der Waals surface area contributed by atoms with Crippen LogP contribution < -0.4 is 5.73 Å². The minimum Gasteiger partial charge on any atom is -0.443 e. The Kier molecular flexibility index (Phi) is 5.56. The zero-order valence-electron chi connectivity index (χ0n) is 15.6. The van der Waals surface area contributed by atoms with Crippen molar-refractivity contribution in [3.8, 4) is 0 Å². The molecule has 6 heteroatoms. The molecular formula is C21H24FN3O2. The highest BCUT2D eigenvalue weighted by atomic mass is 19.1. The predicted molar refractivity (Wildman–Crippen MR) is 102 cm³/mol. The second-order valence-corrected chi connectivity index (χ2v) is 6.86. The van der Waals surface area contributed by atoms with Gasteiger partial charge in [-0.25, -0.2) is 4.39 Å². The minimum atomic E-state index is -1.09. The van der Waals surface area contributed by atoms with Gasteiger partial charge < -0.3 is 10.5 Å². The van der Waals surface area contributed by atoms with E-state index >= 15 is 0 Å². The molecule has 1 unspecified atom stereocenters. The Morgan fingerprint density at radius 3 is 2.59 bits per heavy atom. The molecule has 2 N–H and O–H groups in total. The van der Waals surface area contributed by atoms with Crippen LogP contribution in [-0.4, -0.2) is 23.4 Å². The molecule has 142 valence electrons. The van der Waals surface area contributed by atoms with Crippen LogP contribution in [0.5, 0.6) is 0 Å². The molecule has 1 heterocycles. The monoisotopic (exact) mass is 369 g/mol. The van der Waals surface area contributed by atoms with Crippen molar-refractivity contribution in [1.82, 2.24) is 5.01 Å². The van der Waals surface area contributed by atoms with Crippen LogP contribution in [0.2, 0.25) is 0 Å². The highest BCUT2D eigenvalue weighted by Crippen LogP contribution is 2.41. The molecule has 1 aliphatic rings. The molecule has 0 bridgehead atoms. The van der Waals surface area contributed by atoms with E-state index in [0.29, 0.717) is 24.9 Å². The maximum Gasteiger partial charge on any atom is 0.249 e. The number of benzene rings is 2. The highest BCUT2D eigenvalue weighted by molar-refractivity contribution is 5.97. The fourth-order valence-electron chi connectivity index (χ4n) is 3.13. The lowest BCUT2D eigenvalue weighted by atomic mass is 9.95. The van der Waals surface area contributed by atoms with E-state index in [1.807, 2.05) is 44.2 Å². The summed E-state index contributed by atoms with van der Waals surface area (Å²) >= 11 is 0. The molecule has 0 spiro atoms. The van der Waals surface area contributed by atoms with E-state index in [-0.39, 0.29) is 23.5 Å². The third-order valence-corrected chi connectivity index (χ3v) is 4.52. The van der Waals surface area contributed by atoms with Crippen molar-refractivity contribution in [3.05, 3.63) is 71.5 Å². The van der Waals surface area contributed by atoms with E-state index < -0.39 is 5.72 Å². The van der Waals surface area contributed by atoms with Gasteiger partial charge >= 0.3 is 0 Å². The van der Waals surface area contributed by atoms with Crippen LogP contribution in [0.1, 0.15) is 37.8 Å². The van der Waals surface area contributed by atoms with E-state index in [1.54, 1.807) is 12.1 Å². The van der Waals surface area contributed by atoms with Crippen molar-refractivity contribution >= 4 is 11.8 Å². The van der Waals surface area contributed by atoms with Gasteiger partial charge in [0.25, 0.3) is 0 Å². The number of nitrogens with zero attached hydrogens (tertiary/aromatic N) is 2. The number of halogens is 1. The lowest BCUT2D eigenvalue weighted by molar-refractivity contribution is -0.156. The van der Waals surface area contributed by atoms with Gasteiger partial charge in [0.1, 0.15) is 5.82 Å². The number of amides is 1.